The lowest BCUT2D eigenvalue weighted by molar-refractivity contribution is -0.123. The number of anilines is 1. The number of amides is 2. The maximum Gasteiger partial charge on any atom is 0.435 e. The van der Waals surface area contributed by atoms with Crippen LogP contribution in [0.1, 0.15) is 26.3 Å². The summed E-state index contributed by atoms with van der Waals surface area (Å²) in [6.07, 6.45) is -2.94. The maximum absolute atomic E-state index is 14.7. The van der Waals surface area contributed by atoms with Crippen LogP contribution in [-0.2, 0) is 25.6 Å². The van der Waals surface area contributed by atoms with E-state index in [1.54, 1.807) is 51.1 Å². The number of halogens is 1. The van der Waals surface area contributed by atoms with Gasteiger partial charge in [0.05, 0.1) is 18.3 Å². The number of pyridine rings is 1. The van der Waals surface area contributed by atoms with E-state index in [0.717, 1.165) is 15.1 Å². The van der Waals surface area contributed by atoms with E-state index in [2.05, 4.69) is 15.4 Å². The van der Waals surface area contributed by atoms with Crippen molar-refractivity contribution in [2.45, 2.75) is 51.3 Å². The Morgan fingerprint density at radius 1 is 1.11 bits per heavy atom. The van der Waals surface area contributed by atoms with Crippen molar-refractivity contribution >= 4 is 34.9 Å². The first-order valence-electron chi connectivity index (χ1n) is 11.6. The Hall–Kier alpha value is -4.06. The molecule has 0 radical (unpaired) electrons. The molecule has 0 bridgehead atoms. The number of hydrogen-bond donors (Lipinski definition) is 1. The molecule has 1 aromatic carbocycles. The van der Waals surface area contributed by atoms with Crippen molar-refractivity contribution in [2.24, 2.45) is 0 Å². The fourth-order valence-electron chi connectivity index (χ4n) is 3.97. The first-order chi connectivity index (χ1) is 17.6. The average molecular weight is 514 g/mol. The number of nitrogens with one attached hydrogen (secondary N) is 1. The summed E-state index contributed by atoms with van der Waals surface area (Å²) < 4.78 is 31.6. The fourth-order valence-corrected chi connectivity index (χ4v) is 3.97. The number of methoxy groups -OCH3 is 1. The van der Waals surface area contributed by atoms with Crippen LogP contribution in [0.15, 0.2) is 48.7 Å². The molecule has 11 nitrogen and oxygen atoms in total. The van der Waals surface area contributed by atoms with E-state index >= 15 is 0 Å². The van der Waals surface area contributed by atoms with Crippen molar-refractivity contribution in [1.82, 2.24) is 19.7 Å². The molecule has 2 aromatic heterocycles. The summed E-state index contributed by atoms with van der Waals surface area (Å²) in [4.78, 5) is 43.7. The minimum Gasteiger partial charge on any atom is -0.445 e. The first-order valence-corrected chi connectivity index (χ1v) is 11.6. The topological polar surface area (TPSA) is 125 Å². The number of carbonyl (C=O) groups is 3. The van der Waals surface area contributed by atoms with Crippen molar-refractivity contribution in [3.8, 4) is 0 Å². The van der Waals surface area contributed by atoms with Gasteiger partial charge in [-0.05, 0) is 38.5 Å². The highest BCUT2D eigenvalue weighted by Gasteiger charge is 2.49. The minimum absolute atomic E-state index is 0.0288. The molecule has 1 aliphatic rings. The molecule has 0 aliphatic carbocycles. The van der Waals surface area contributed by atoms with Gasteiger partial charge in [0.2, 0.25) is 0 Å². The largest absolute Gasteiger partial charge is 0.445 e. The predicted octanol–water partition coefficient (Wildman–Crippen LogP) is 3.53. The van der Waals surface area contributed by atoms with Crippen LogP contribution in [-0.4, -0.2) is 75.3 Å². The third-order valence-electron chi connectivity index (χ3n) is 5.60. The number of nitrogens with zero attached hydrogens (tertiary/aromatic N) is 4. The van der Waals surface area contributed by atoms with E-state index in [4.69, 9.17) is 14.2 Å². The summed E-state index contributed by atoms with van der Waals surface area (Å²) in [6, 6.07) is 10.7. The Balaban J connectivity index is 1.49. The predicted molar refractivity (Wildman–Crippen MR) is 131 cm³/mol. The smallest absolute Gasteiger partial charge is 0.435 e. The van der Waals surface area contributed by atoms with Gasteiger partial charge in [-0.3, -0.25) is 9.69 Å². The molecular formula is C25H28FN5O6. The Morgan fingerprint density at radius 2 is 1.84 bits per heavy atom. The van der Waals surface area contributed by atoms with Crippen LogP contribution in [0.4, 0.5) is 19.8 Å². The zero-order valence-electron chi connectivity index (χ0n) is 20.9. The zero-order chi connectivity index (χ0) is 26.7. The maximum atomic E-state index is 14.7. The van der Waals surface area contributed by atoms with E-state index in [1.165, 1.54) is 19.4 Å². The van der Waals surface area contributed by atoms with Crippen molar-refractivity contribution in [3.05, 3.63) is 54.2 Å². The summed E-state index contributed by atoms with van der Waals surface area (Å²) in [7, 11) is 1.27. The second kappa shape index (κ2) is 10.5. The second-order valence-corrected chi connectivity index (χ2v) is 9.48. The Morgan fingerprint density at radius 3 is 2.51 bits per heavy atom. The molecule has 1 aliphatic heterocycles. The molecular weight excluding hydrogens is 485 g/mol. The van der Waals surface area contributed by atoms with Gasteiger partial charge < -0.3 is 19.5 Å². The number of hydrogen-bond acceptors (Lipinski definition) is 8. The third-order valence-corrected chi connectivity index (χ3v) is 5.60. The monoisotopic (exact) mass is 513 g/mol. The number of aromatic nitrogens is 3. The molecule has 196 valence electrons. The molecule has 4 rings (SSSR count). The van der Waals surface area contributed by atoms with Gasteiger partial charge >= 0.3 is 12.2 Å². The van der Waals surface area contributed by atoms with Crippen molar-refractivity contribution in [2.75, 3.05) is 19.0 Å². The van der Waals surface area contributed by atoms with Crippen molar-refractivity contribution in [3.63, 3.8) is 0 Å². The molecule has 0 spiro atoms. The number of fused-ring (bicyclic) bond motifs is 1. The molecule has 12 heteroatoms. The molecule has 3 aromatic rings. The van der Waals surface area contributed by atoms with Crippen LogP contribution in [0, 0.1) is 0 Å². The van der Waals surface area contributed by atoms with Crippen molar-refractivity contribution in [1.29, 1.82) is 0 Å². The van der Waals surface area contributed by atoms with Gasteiger partial charge in [-0.2, -0.15) is 9.78 Å². The summed E-state index contributed by atoms with van der Waals surface area (Å²) in [5.74, 6) is -0.578. The summed E-state index contributed by atoms with van der Waals surface area (Å²) in [5, 5.41) is 6.62. The SMILES string of the molecule is CO[C@@H]1[C@@H](F)CN(C(=O)OCc2ccccc2)[C@H]1C(=O)Nc1ccc2c(cnn2C(=O)OC(C)(C)C)n1. The molecule has 0 unspecified atom stereocenters. The van der Waals surface area contributed by atoms with E-state index in [1.807, 2.05) is 6.07 Å². The van der Waals surface area contributed by atoms with E-state index in [9.17, 15) is 18.8 Å². The molecule has 1 N–H and O–H groups in total. The summed E-state index contributed by atoms with van der Waals surface area (Å²) in [6.45, 7) is 4.82. The van der Waals surface area contributed by atoms with Crippen LogP contribution in [0.25, 0.3) is 11.0 Å². The van der Waals surface area contributed by atoms with Crippen LogP contribution in [0.5, 0.6) is 0 Å². The fraction of sp³-hybridized carbons (Fsp3) is 0.400. The lowest BCUT2D eigenvalue weighted by atomic mass is 10.1. The molecule has 0 saturated carbocycles. The van der Waals surface area contributed by atoms with Crippen LogP contribution in [0.2, 0.25) is 0 Å². The standard InChI is InChI=1S/C25H28FN5O6/c1-25(2,3)37-24(34)31-18-10-11-19(28-17(18)12-27-31)29-22(32)20-21(35-4)16(26)13-30(20)23(33)36-14-15-8-6-5-7-9-15/h5-12,16,20-21H,13-14H2,1-4H3,(H,28,29,32)/t16-,20+,21+/m0/s1. The van der Waals surface area contributed by atoms with Gasteiger partial charge in [-0.25, -0.2) is 19.0 Å². The number of carbonyl (C=O) groups excluding carboxylic acids is 3. The Kier molecular flexibility index (Phi) is 7.39. The summed E-state index contributed by atoms with van der Waals surface area (Å²) >= 11 is 0. The number of rotatable bonds is 5. The Bertz CT molecular complexity index is 1290. The van der Waals surface area contributed by atoms with Crippen molar-refractivity contribution < 1.29 is 33.0 Å². The molecule has 3 heterocycles. The highest BCUT2D eigenvalue weighted by Crippen LogP contribution is 2.26. The number of alkyl halides is 1. The number of benzene rings is 1. The highest BCUT2D eigenvalue weighted by atomic mass is 19.1. The van der Waals surface area contributed by atoms with Gasteiger partial charge in [-0.15, -0.1) is 0 Å². The number of ether oxygens (including phenoxy) is 3. The summed E-state index contributed by atoms with van der Waals surface area (Å²) in [5.41, 5.74) is 0.734. The van der Waals surface area contributed by atoms with Gasteiger partial charge in [0.25, 0.3) is 5.91 Å². The number of likely N-dealkylation sites (tertiary alicyclic amines) is 1. The average Bonchev–Trinajstić information content (AvgIpc) is 3.42. The van der Waals surface area contributed by atoms with Gasteiger partial charge in [0.15, 0.2) is 0 Å². The zero-order valence-corrected chi connectivity index (χ0v) is 20.9. The molecule has 37 heavy (non-hydrogen) atoms. The van der Waals surface area contributed by atoms with E-state index < -0.39 is 42.0 Å². The second-order valence-electron chi connectivity index (χ2n) is 9.48. The molecule has 2 amide bonds. The van der Waals surface area contributed by atoms with E-state index in [0.29, 0.717) is 11.0 Å². The third kappa shape index (κ3) is 5.85. The van der Waals surface area contributed by atoms with Gasteiger partial charge in [-0.1, -0.05) is 30.3 Å². The van der Waals surface area contributed by atoms with Crippen LogP contribution < -0.4 is 5.32 Å². The molecule has 1 fully saturated rings. The van der Waals surface area contributed by atoms with Gasteiger partial charge in [0.1, 0.15) is 41.9 Å². The first kappa shape index (κ1) is 26.0. The lowest BCUT2D eigenvalue weighted by Gasteiger charge is -2.25. The lowest BCUT2D eigenvalue weighted by Crippen LogP contribution is -2.48. The Labute approximate surface area is 212 Å². The minimum atomic E-state index is -1.59. The van der Waals surface area contributed by atoms with Crippen LogP contribution in [0.3, 0.4) is 0 Å². The van der Waals surface area contributed by atoms with Gasteiger partial charge in [0, 0.05) is 7.11 Å². The normalized spacial score (nSPS) is 19.6. The molecule has 1 saturated heterocycles. The van der Waals surface area contributed by atoms with E-state index in [-0.39, 0.29) is 19.0 Å². The highest BCUT2D eigenvalue weighted by molar-refractivity contribution is 5.98. The molecule has 3 atom stereocenters. The quantitative estimate of drug-likeness (QED) is 0.549. The van der Waals surface area contributed by atoms with Crippen LogP contribution >= 0.6 is 0 Å².